The van der Waals surface area contributed by atoms with E-state index in [2.05, 4.69) is 17.6 Å². The smallest absolute Gasteiger partial charge is 0.245 e. The highest BCUT2D eigenvalue weighted by atomic mass is 16.5. The van der Waals surface area contributed by atoms with Crippen LogP contribution in [0.3, 0.4) is 0 Å². The van der Waals surface area contributed by atoms with Crippen LogP contribution in [0.15, 0.2) is 54.6 Å². The van der Waals surface area contributed by atoms with E-state index in [0.717, 1.165) is 24.0 Å². The summed E-state index contributed by atoms with van der Waals surface area (Å²) >= 11 is 0. The predicted octanol–water partition coefficient (Wildman–Crippen LogP) is 5.74. The van der Waals surface area contributed by atoms with Gasteiger partial charge in [-0.2, -0.15) is 0 Å². The molecular formula is C49H78N6O7. The van der Waals surface area contributed by atoms with E-state index in [1.54, 1.807) is 38.3 Å². The van der Waals surface area contributed by atoms with Crippen LogP contribution in [-0.2, 0) is 46.4 Å². The standard InChI is InChI=1S/C49H78N6O7/c1-13-33(6)46(54(10)49(60)44(31(2)3)52-48(59)45(32(4)5)53(8)9)41(61-11)29-43(58)55-25-17-20-39(55)47(62-12)34(7)40(56)27-37(26-35-18-15-14-16-19-35)28-42(57)51-30-36-21-23-38(50)24-22-36/h14-16,18-19,21-24,31-34,37,39,41,44-47H,13,17,20,25-30,50H2,1-12H3,(H,51,57)(H,52,59)/t33-,34-,37-,39-,41+,44-,45-,46-,47+/m0/s1. The first kappa shape index (κ1) is 52.0. The lowest BCUT2D eigenvalue weighted by molar-refractivity contribution is -0.148. The average molecular weight is 863 g/mol. The van der Waals surface area contributed by atoms with Crippen molar-refractivity contribution >= 4 is 35.1 Å². The second-order valence-corrected chi connectivity index (χ2v) is 18.4. The minimum Gasteiger partial charge on any atom is -0.399 e. The second-order valence-electron chi connectivity index (χ2n) is 18.4. The zero-order valence-electron chi connectivity index (χ0n) is 39.7. The first-order valence-corrected chi connectivity index (χ1v) is 22.6. The number of methoxy groups -OCH3 is 2. The Morgan fingerprint density at radius 2 is 1.48 bits per heavy atom. The van der Waals surface area contributed by atoms with Crippen LogP contribution in [0.25, 0.3) is 0 Å². The molecule has 62 heavy (non-hydrogen) atoms. The van der Waals surface area contributed by atoms with Gasteiger partial charge in [-0.25, -0.2) is 0 Å². The Hall–Kier alpha value is -4.33. The van der Waals surface area contributed by atoms with Crippen LogP contribution in [0, 0.1) is 29.6 Å². The highest BCUT2D eigenvalue weighted by molar-refractivity contribution is 5.90. The molecule has 0 bridgehead atoms. The van der Waals surface area contributed by atoms with Gasteiger partial charge in [-0.1, -0.05) is 97.4 Å². The summed E-state index contributed by atoms with van der Waals surface area (Å²) in [6.45, 7) is 14.6. The number of hydrogen-bond acceptors (Lipinski definition) is 9. The second kappa shape index (κ2) is 25.1. The predicted molar refractivity (Wildman–Crippen MR) is 246 cm³/mol. The summed E-state index contributed by atoms with van der Waals surface area (Å²) in [7, 11) is 8.62. The maximum absolute atomic E-state index is 14.4. The molecule has 3 rings (SSSR count). The average Bonchev–Trinajstić information content (AvgIpc) is 3.71. The molecule has 1 aliphatic rings. The summed E-state index contributed by atoms with van der Waals surface area (Å²) in [5.41, 5.74) is 8.46. The molecule has 13 nitrogen and oxygen atoms in total. The number of carbonyl (C=O) groups excluding carboxylic acids is 5. The number of hydrogen-bond donors (Lipinski definition) is 3. The fraction of sp³-hybridized carbons (Fsp3) is 0.653. The lowest BCUT2D eigenvalue weighted by atomic mass is 9.84. The topological polar surface area (TPSA) is 164 Å². The summed E-state index contributed by atoms with van der Waals surface area (Å²) in [6, 6.07) is 15.3. The van der Waals surface area contributed by atoms with Crippen LogP contribution in [0.2, 0.25) is 0 Å². The van der Waals surface area contributed by atoms with Crippen molar-refractivity contribution < 1.29 is 33.4 Å². The SMILES string of the molecule is CC[C@H](C)[C@@H]([C@@H](CC(=O)N1CCC[C@H]1[C@H](OC)[C@@H](C)C(=O)C[C@@H](CC(=O)NCc1ccc(N)cc1)Cc1ccccc1)OC)N(C)C(=O)[C@@H](NC(=O)[C@H](C(C)C)N(C)C)C(C)C. The van der Waals surface area contributed by atoms with Gasteiger partial charge in [0.05, 0.1) is 36.8 Å². The molecule has 9 atom stereocenters. The lowest BCUT2D eigenvalue weighted by Crippen LogP contribution is -2.59. The van der Waals surface area contributed by atoms with E-state index >= 15 is 0 Å². The van der Waals surface area contributed by atoms with E-state index < -0.39 is 36.3 Å². The molecule has 0 radical (unpaired) electrons. The Balaban J connectivity index is 1.77. The number of ketones is 1. The third-order valence-corrected chi connectivity index (χ3v) is 12.8. The number of nitrogens with two attached hydrogens (primary N) is 1. The van der Waals surface area contributed by atoms with Crippen molar-refractivity contribution in [1.29, 1.82) is 0 Å². The molecule has 0 aliphatic carbocycles. The van der Waals surface area contributed by atoms with E-state index in [9.17, 15) is 24.0 Å². The van der Waals surface area contributed by atoms with Gasteiger partial charge >= 0.3 is 0 Å². The Morgan fingerprint density at radius 1 is 0.839 bits per heavy atom. The lowest BCUT2D eigenvalue weighted by Gasteiger charge is -2.41. The molecule has 0 aromatic heterocycles. The van der Waals surface area contributed by atoms with Gasteiger partial charge in [0.15, 0.2) is 0 Å². The van der Waals surface area contributed by atoms with Crippen molar-refractivity contribution in [2.75, 3.05) is 47.6 Å². The Morgan fingerprint density at radius 3 is 2.03 bits per heavy atom. The van der Waals surface area contributed by atoms with Crippen molar-refractivity contribution in [3.63, 3.8) is 0 Å². The third-order valence-electron chi connectivity index (χ3n) is 12.8. The van der Waals surface area contributed by atoms with Gasteiger partial charge in [-0.3, -0.25) is 28.9 Å². The van der Waals surface area contributed by atoms with Crippen LogP contribution < -0.4 is 16.4 Å². The summed E-state index contributed by atoms with van der Waals surface area (Å²) < 4.78 is 12.2. The summed E-state index contributed by atoms with van der Waals surface area (Å²) in [5, 5.41) is 6.06. The minimum absolute atomic E-state index is 0.0211. The minimum atomic E-state index is -0.769. The number of carbonyl (C=O) groups is 5. The van der Waals surface area contributed by atoms with Crippen molar-refractivity contribution in [1.82, 2.24) is 25.3 Å². The fourth-order valence-corrected chi connectivity index (χ4v) is 9.25. The van der Waals surface area contributed by atoms with Crippen LogP contribution >= 0.6 is 0 Å². The number of nitrogens with zero attached hydrogens (tertiary/aromatic N) is 3. The number of Topliss-reactive ketones (excluding diaryl/α,β-unsaturated/α-hetero) is 1. The Bertz CT molecular complexity index is 1710. The number of nitrogen functional groups attached to an aromatic ring is 1. The first-order valence-electron chi connectivity index (χ1n) is 22.6. The third kappa shape index (κ3) is 14.6. The Labute approximate surface area is 372 Å². The molecule has 0 unspecified atom stereocenters. The summed E-state index contributed by atoms with van der Waals surface area (Å²) in [6.07, 6.45) is 1.92. The first-order chi connectivity index (χ1) is 29.3. The van der Waals surface area contributed by atoms with E-state index in [1.807, 2.05) is 108 Å². The highest BCUT2D eigenvalue weighted by Gasteiger charge is 2.43. The quantitative estimate of drug-likeness (QED) is 0.106. The van der Waals surface area contributed by atoms with Crippen molar-refractivity contribution in [3.8, 4) is 0 Å². The number of rotatable bonds is 25. The van der Waals surface area contributed by atoms with Gasteiger partial charge in [0.2, 0.25) is 23.6 Å². The number of anilines is 1. The molecule has 13 heteroatoms. The molecule has 1 saturated heterocycles. The molecule has 4 amide bonds. The van der Waals surface area contributed by atoms with E-state index in [4.69, 9.17) is 15.2 Å². The molecule has 4 N–H and O–H groups in total. The maximum atomic E-state index is 14.4. The number of benzene rings is 2. The fourth-order valence-electron chi connectivity index (χ4n) is 9.25. The monoisotopic (exact) mass is 863 g/mol. The number of ether oxygens (including phenoxy) is 2. The van der Waals surface area contributed by atoms with Gasteiger partial charge in [-0.05, 0) is 80.3 Å². The van der Waals surface area contributed by atoms with E-state index in [0.29, 0.717) is 31.6 Å². The zero-order chi connectivity index (χ0) is 46.3. The largest absolute Gasteiger partial charge is 0.399 e. The van der Waals surface area contributed by atoms with Crippen molar-refractivity contribution in [3.05, 3.63) is 65.7 Å². The molecule has 0 spiro atoms. The molecular weight excluding hydrogens is 785 g/mol. The molecule has 1 heterocycles. The maximum Gasteiger partial charge on any atom is 0.245 e. The molecule has 1 fully saturated rings. The number of nitrogens with one attached hydrogen (secondary N) is 2. The number of amides is 4. The van der Waals surface area contributed by atoms with Gasteiger partial charge in [0.1, 0.15) is 11.8 Å². The van der Waals surface area contributed by atoms with Gasteiger partial charge in [0, 0.05) is 58.8 Å². The summed E-state index contributed by atoms with van der Waals surface area (Å²) in [4.78, 5) is 75.1. The number of likely N-dealkylation sites (tertiary alicyclic amines) is 1. The van der Waals surface area contributed by atoms with Gasteiger partial charge in [-0.15, -0.1) is 0 Å². The molecule has 346 valence electrons. The van der Waals surface area contributed by atoms with E-state index in [-0.39, 0.29) is 78.4 Å². The van der Waals surface area contributed by atoms with E-state index in [1.165, 1.54) is 0 Å². The molecule has 2 aromatic rings. The highest BCUT2D eigenvalue weighted by Crippen LogP contribution is 2.31. The van der Waals surface area contributed by atoms with Crippen molar-refractivity contribution in [2.24, 2.45) is 29.6 Å². The zero-order valence-corrected chi connectivity index (χ0v) is 39.7. The summed E-state index contributed by atoms with van der Waals surface area (Å²) in [5.74, 6) is -1.69. The van der Waals surface area contributed by atoms with Crippen molar-refractivity contribution in [2.45, 2.75) is 136 Å². The number of likely N-dealkylation sites (N-methyl/N-ethyl adjacent to an activating group) is 2. The van der Waals surface area contributed by atoms with Gasteiger partial charge in [0.25, 0.3) is 0 Å². The van der Waals surface area contributed by atoms with Crippen LogP contribution in [0.4, 0.5) is 5.69 Å². The molecule has 2 aromatic carbocycles. The van der Waals surface area contributed by atoms with Crippen LogP contribution in [0.5, 0.6) is 0 Å². The van der Waals surface area contributed by atoms with Crippen LogP contribution in [-0.4, -0.2) is 122 Å². The van der Waals surface area contributed by atoms with Gasteiger partial charge < -0.3 is 35.6 Å². The normalized spacial score (nSPS) is 18.1. The van der Waals surface area contributed by atoms with Crippen LogP contribution in [0.1, 0.15) is 98.1 Å². The molecule has 1 aliphatic heterocycles. The molecule has 0 saturated carbocycles. The Kier molecular flexibility index (Phi) is 21.0.